The average Bonchev–Trinajstić information content (AvgIpc) is 2.63. The number of aryl methyl sites for hydroxylation is 1. The lowest BCUT2D eigenvalue weighted by Crippen LogP contribution is -2.31. The van der Waals surface area contributed by atoms with Crippen LogP contribution in [0.3, 0.4) is 0 Å². The maximum atomic E-state index is 4.44. The van der Waals surface area contributed by atoms with Crippen LogP contribution in [-0.2, 0) is 6.54 Å². The number of likely N-dealkylation sites (tertiary alicyclic amines) is 1. The maximum Gasteiger partial charge on any atom is 0.0570 e. The summed E-state index contributed by atoms with van der Waals surface area (Å²) < 4.78 is 0. The van der Waals surface area contributed by atoms with Crippen LogP contribution in [0.15, 0.2) is 18.3 Å². The highest BCUT2D eigenvalue weighted by Gasteiger charge is 2.15. The molecule has 2 heterocycles. The van der Waals surface area contributed by atoms with Crippen LogP contribution in [-0.4, -0.2) is 35.6 Å². The van der Waals surface area contributed by atoms with Gasteiger partial charge >= 0.3 is 0 Å². The highest BCUT2D eigenvalue weighted by Crippen LogP contribution is 2.12. The van der Waals surface area contributed by atoms with E-state index in [9.17, 15) is 0 Å². The van der Waals surface area contributed by atoms with Crippen molar-refractivity contribution in [1.82, 2.24) is 15.2 Å². The molecule has 0 aliphatic carbocycles. The molecule has 3 heteroatoms. The summed E-state index contributed by atoms with van der Waals surface area (Å²) in [6, 6.07) is 4.79. The Kier molecular flexibility index (Phi) is 5.14. The molecule has 1 atom stereocenters. The molecule has 1 fully saturated rings. The van der Waals surface area contributed by atoms with Gasteiger partial charge in [0, 0.05) is 18.8 Å². The summed E-state index contributed by atoms with van der Waals surface area (Å²) in [4.78, 5) is 6.99. The average molecular weight is 247 g/mol. The van der Waals surface area contributed by atoms with E-state index in [0.29, 0.717) is 6.04 Å². The smallest absolute Gasteiger partial charge is 0.0570 e. The molecular formula is C15H25N3. The van der Waals surface area contributed by atoms with E-state index in [-0.39, 0.29) is 0 Å². The molecule has 0 spiro atoms. The second kappa shape index (κ2) is 6.86. The molecule has 0 saturated carbocycles. The van der Waals surface area contributed by atoms with Crippen LogP contribution < -0.4 is 5.32 Å². The SMILES string of the molecule is CCN1CCCC(NCc2ncccc2C)CC1. The van der Waals surface area contributed by atoms with E-state index in [4.69, 9.17) is 0 Å². The topological polar surface area (TPSA) is 28.2 Å². The van der Waals surface area contributed by atoms with Gasteiger partial charge in [-0.3, -0.25) is 4.98 Å². The molecule has 2 rings (SSSR count). The highest BCUT2D eigenvalue weighted by atomic mass is 15.1. The van der Waals surface area contributed by atoms with Crippen LogP contribution in [0.25, 0.3) is 0 Å². The number of rotatable bonds is 4. The second-order valence-corrected chi connectivity index (χ2v) is 5.21. The van der Waals surface area contributed by atoms with Crippen LogP contribution in [0.5, 0.6) is 0 Å². The zero-order valence-corrected chi connectivity index (χ0v) is 11.7. The molecule has 0 amide bonds. The summed E-state index contributed by atoms with van der Waals surface area (Å²) in [5, 5.41) is 3.67. The van der Waals surface area contributed by atoms with Gasteiger partial charge in [0.25, 0.3) is 0 Å². The Bertz CT molecular complexity index is 365. The minimum absolute atomic E-state index is 0.656. The van der Waals surface area contributed by atoms with Gasteiger partial charge in [0.05, 0.1) is 5.69 Å². The Balaban J connectivity index is 1.82. The van der Waals surface area contributed by atoms with Gasteiger partial charge in [-0.05, 0) is 57.5 Å². The van der Waals surface area contributed by atoms with Gasteiger partial charge in [-0.2, -0.15) is 0 Å². The summed E-state index contributed by atoms with van der Waals surface area (Å²) in [7, 11) is 0. The molecule has 1 unspecified atom stereocenters. The predicted octanol–water partition coefficient (Wildman–Crippen LogP) is 2.35. The molecule has 1 aromatic heterocycles. The van der Waals surface area contributed by atoms with E-state index in [2.05, 4.69) is 35.1 Å². The normalized spacial score (nSPS) is 21.8. The molecule has 1 saturated heterocycles. The zero-order chi connectivity index (χ0) is 12.8. The third kappa shape index (κ3) is 3.79. The lowest BCUT2D eigenvalue weighted by atomic mass is 10.1. The maximum absolute atomic E-state index is 4.44. The number of hydrogen-bond donors (Lipinski definition) is 1. The van der Waals surface area contributed by atoms with E-state index < -0.39 is 0 Å². The van der Waals surface area contributed by atoms with E-state index >= 15 is 0 Å². The van der Waals surface area contributed by atoms with Crippen molar-refractivity contribution in [1.29, 1.82) is 0 Å². The van der Waals surface area contributed by atoms with Gasteiger partial charge in [0.15, 0.2) is 0 Å². The van der Waals surface area contributed by atoms with Gasteiger partial charge in [-0.15, -0.1) is 0 Å². The Morgan fingerprint density at radius 3 is 3.06 bits per heavy atom. The molecule has 1 aliphatic heterocycles. The predicted molar refractivity (Wildman–Crippen MR) is 75.6 cm³/mol. The molecule has 0 bridgehead atoms. The first-order valence-electron chi connectivity index (χ1n) is 7.16. The number of nitrogens with zero attached hydrogens (tertiary/aromatic N) is 2. The van der Waals surface area contributed by atoms with Gasteiger partial charge in [0.1, 0.15) is 0 Å². The van der Waals surface area contributed by atoms with Crippen molar-refractivity contribution < 1.29 is 0 Å². The van der Waals surface area contributed by atoms with Gasteiger partial charge < -0.3 is 10.2 Å². The third-order valence-corrected chi connectivity index (χ3v) is 3.94. The number of aromatic nitrogens is 1. The van der Waals surface area contributed by atoms with Gasteiger partial charge in [-0.1, -0.05) is 13.0 Å². The van der Waals surface area contributed by atoms with Crippen molar-refractivity contribution in [3.8, 4) is 0 Å². The lowest BCUT2D eigenvalue weighted by molar-refractivity contribution is 0.297. The van der Waals surface area contributed by atoms with Gasteiger partial charge in [-0.25, -0.2) is 0 Å². The van der Waals surface area contributed by atoms with E-state index in [1.165, 1.54) is 50.2 Å². The lowest BCUT2D eigenvalue weighted by Gasteiger charge is -2.18. The largest absolute Gasteiger partial charge is 0.308 e. The Hall–Kier alpha value is -0.930. The number of nitrogens with one attached hydrogen (secondary N) is 1. The quantitative estimate of drug-likeness (QED) is 0.885. The molecule has 3 nitrogen and oxygen atoms in total. The summed E-state index contributed by atoms with van der Waals surface area (Å²) in [5.74, 6) is 0. The monoisotopic (exact) mass is 247 g/mol. The third-order valence-electron chi connectivity index (χ3n) is 3.94. The summed E-state index contributed by atoms with van der Waals surface area (Å²) in [6.07, 6.45) is 5.75. The summed E-state index contributed by atoms with van der Waals surface area (Å²) in [5.41, 5.74) is 2.47. The van der Waals surface area contributed by atoms with Crippen molar-refractivity contribution in [2.75, 3.05) is 19.6 Å². The van der Waals surface area contributed by atoms with E-state index in [1.54, 1.807) is 0 Å². The van der Waals surface area contributed by atoms with Crippen LogP contribution in [0.2, 0.25) is 0 Å². The molecule has 1 N–H and O–H groups in total. The van der Waals surface area contributed by atoms with Crippen LogP contribution in [0.4, 0.5) is 0 Å². The Morgan fingerprint density at radius 2 is 2.28 bits per heavy atom. The Morgan fingerprint density at radius 1 is 1.39 bits per heavy atom. The van der Waals surface area contributed by atoms with Crippen molar-refractivity contribution in [3.63, 3.8) is 0 Å². The molecule has 18 heavy (non-hydrogen) atoms. The summed E-state index contributed by atoms with van der Waals surface area (Å²) in [6.45, 7) is 8.98. The molecule has 1 aromatic rings. The van der Waals surface area contributed by atoms with Crippen molar-refractivity contribution in [3.05, 3.63) is 29.6 Å². The van der Waals surface area contributed by atoms with E-state index in [1.807, 2.05) is 12.3 Å². The highest BCUT2D eigenvalue weighted by molar-refractivity contribution is 5.17. The first kappa shape index (κ1) is 13.5. The van der Waals surface area contributed by atoms with Crippen LogP contribution in [0, 0.1) is 6.92 Å². The first-order chi connectivity index (χ1) is 8.79. The van der Waals surface area contributed by atoms with Crippen molar-refractivity contribution >= 4 is 0 Å². The zero-order valence-electron chi connectivity index (χ0n) is 11.7. The summed E-state index contributed by atoms with van der Waals surface area (Å²) >= 11 is 0. The minimum Gasteiger partial charge on any atom is -0.308 e. The van der Waals surface area contributed by atoms with Crippen molar-refractivity contribution in [2.45, 2.75) is 45.7 Å². The standard InChI is InChI=1S/C15H25N3/c1-3-18-10-5-7-14(8-11-18)17-12-15-13(2)6-4-9-16-15/h4,6,9,14,17H,3,5,7-8,10-12H2,1-2H3. The minimum atomic E-state index is 0.656. The number of pyridine rings is 1. The van der Waals surface area contributed by atoms with Gasteiger partial charge in [0.2, 0.25) is 0 Å². The molecule has 100 valence electrons. The first-order valence-corrected chi connectivity index (χ1v) is 7.16. The fraction of sp³-hybridized carbons (Fsp3) is 0.667. The van der Waals surface area contributed by atoms with E-state index in [0.717, 1.165) is 6.54 Å². The fourth-order valence-corrected chi connectivity index (χ4v) is 2.62. The molecule has 0 aromatic carbocycles. The molecular weight excluding hydrogens is 222 g/mol. The molecule has 0 radical (unpaired) electrons. The van der Waals surface area contributed by atoms with Crippen molar-refractivity contribution in [2.24, 2.45) is 0 Å². The second-order valence-electron chi connectivity index (χ2n) is 5.21. The fourth-order valence-electron chi connectivity index (χ4n) is 2.62. The Labute approximate surface area is 111 Å². The van der Waals surface area contributed by atoms with Crippen LogP contribution in [0.1, 0.15) is 37.4 Å². The molecule has 1 aliphatic rings. The van der Waals surface area contributed by atoms with Crippen LogP contribution >= 0.6 is 0 Å². The number of hydrogen-bond acceptors (Lipinski definition) is 3.